The van der Waals surface area contributed by atoms with E-state index in [9.17, 15) is 19.2 Å². The van der Waals surface area contributed by atoms with Crippen LogP contribution in [-0.4, -0.2) is 93.8 Å². The molecular formula is C38H49N5O5S. The molecule has 10 nitrogen and oxygen atoms in total. The van der Waals surface area contributed by atoms with Crippen LogP contribution in [0, 0.1) is 5.92 Å². The van der Waals surface area contributed by atoms with Crippen molar-refractivity contribution in [1.29, 1.82) is 0 Å². The number of ether oxygens (including phenoxy) is 1. The smallest absolute Gasteiger partial charge is 0.410 e. The van der Waals surface area contributed by atoms with Crippen molar-refractivity contribution >= 4 is 45.8 Å². The molecule has 262 valence electrons. The quantitative estimate of drug-likeness (QED) is 0.281. The molecule has 3 heterocycles. The minimum atomic E-state index is -0.835. The van der Waals surface area contributed by atoms with E-state index in [4.69, 9.17) is 9.72 Å². The molecular weight excluding hydrogens is 639 g/mol. The molecule has 0 radical (unpaired) electrons. The number of carbonyl (C=O) groups is 4. The predicted octanol–water partition coefficient (Wildman–Crippen LogP) is 6.20. The Balaban J connectivity index is 1.27. The van der Waals surface area contributed by atoms with Gasteiger partial charge in [-0.25, -0.2) is 9.78 Å². The van der Waals surface area contributed by atoms with Crippen LogP contribution in [0.25, 0.3) is 10.8 Å². The average Bonchev–Trinajstić information content (AvgIpc) is 3.78. The minimum absolute atomic E-state index is 0.00807. The monoisotopic (exact) mass is 687 g/mol. The molecule has 11 heteroatoms. The van der Waals surface area contributed by atoms with Crippen LogP contribution in [-0.2, 0) is 14.3 Å². The number of nitrogens with one attached hydrogen (secondary N) is 1. The molecule has 1 aromatic heterocycles. The highest BCUT2D eigenvalue weighted by Crippen LogP contribution is 2.37. The van der Waals surface area contributed by atoms with E-state index in [-0.39, 0.29) is 35.6 Å². The van der Waals surface area contributed by atoms with Gasteiger partial charge < -0.3 is 15.0 Å². The summed E-state index contributed by atoms with van der Waals surface area (Å²) in [7, 11) is 1.55. The number of ketones is 1. The molecule has 1 N–H and O–H groups in total. The van der Waals surface area contributed by atoms with Gasteiger partial charge in [0.1, 0.15) is 28.4 Å². The van der Waals surface area contributed by atoms with E-state index >= 15 is 0 Å². The first-order chi connectivity index (χ1) is 23.4. The normalized spacial score (nSPS) is 21.5. The number of benzene rings is 2. The summed E-state index contributed by atoms with van der Waals surface area (Å²) < 4.78 is 5.50. The second kappa shape index (κ2) is 14.6. The van der Waals surface area contributed by atoms with Crippen LogP contribution < -0.4 is 5.32 Å². The Labute approximate surface area is 293 Å². The van der Waals surface area contributed by atoms with Crippen LogP contribution in [0.1, 0.15) is 99.7 Å². The number of nitrogens with zero attached hydrogens (tertiary/aromatic N) is 4. The highest BCUT2D eigenvalue weighted by atomic mass is 32.1. The topological polar surface area (TPSA) is 112 Å². The van der Waals surface area contributed by atoms with Crippen LogP contribution >= 0.6 is 11.3 Å². The maximum Gasteiger partial charge on any atom is 0.410 e. The summed E-state index contributed by atoms with van der Waals surface area (Å²) >= 11 is 1.42. The zero-order chi connectivity index (χ0) is 34.9. The molecule has 3 aliphatic rings. The van der Waals surface area contributed by atoms with Crippen molar-refractivity contribution in [2.45, 2.75) is 102 Å². The third-order valence-corrected chi connectivity index (χ3v) is 11.3. The Hall–Kier alpha value is -3.83. The number of fused-ring (bicyclic) bond motifs is 2. The van der Waals surface area contributed by atoms with Gasteiger partial charge in [-0.15, -0.1) is 11.3 Å². The molecule has 1 aliphatic carbocycles. The van der Waals surface area contributed by atoms with Crippen LogP contribution in [0.5, 0.6) is 0 Å². The Morgan fingerprint density at radius 2 is 1.71 bits per heavy atom. The van der Waals surface area contributed by atoms with Crippen LogP contribution in [0.15, 0.2) is 47.8 Å². The van der Waals surface area contributed by atoms with Crippen molar-refractivity contribution < 1.29 is 23.9 Å². The van der Waals surface area contributed by atoms with Crippen molar-refractivity contribution in [3.63, 3.8) is 0 Å². The third-order valence-electron chi connectivity index (χ3n) is 10.4. The van der Waals surface area contributed by atoms with Gasteiger partial charge in [0.2, 0.25) is 17.6 Å². The first kappa shape index (κ1) is 35.0. The summed E-state index contributed by atoms with van der Waals surface area (Å²) in [5.74, 6) is -0.639. The Kier molecular flexibility index (Phi) is 10.4. The molecule has 0 unspecified atom stereocenters. The fraction of sp³-hybridized carbons (Fsp3) is 0.553. The van der Waals surface area contributed by atoms with E-state index in [2.05, 4.69) is 10.2 Å². The number of rotatable bonds is 8. The lowest BCUT2D eigenvalue weighted by molar-refractivity contribution is -0.144. The summed E-state index contributed by atoms with van der Waals surface area (Å²) in [6.07, 6.45) is 6.30. The summed E-state index contributed by atoms with van der Waals surface area (Å²) in [4.78, 5) is 65.7. The number of piperazine rings is 1. The minimum Gasteiger partial charge on any atom is -0.444 e. The van der Waals surface area contributed by atoms with Gasteiger partial charge in [0.15, 0.2) is 0 Å². The van der Waals surface area contributed by atoms with Crippen molar-refractivity contribution in [1.82, 2.24) is 25.0 Å². The molecule has 0 bridgehead atoms. The average molecular weight is 688 g/mol. The number of hydrogen-bond acceptors (Lipinski definition) is 8. The number of likely N-dealkylation sites (N-methyl/N-ethyl adjacent to an activating group) is 1. The van der Waals surface area contributed by atoms with E-state index < -0.39 is 23.8 Å². The number of thiazole rings is 1. The molecule has 0 spiro atoms. The number of hydrogen-bond donors (Lipinski definition) is 1. The molecule has 1 saturated carbocycles. The first-order valence-electron chi connectivity index (χ1n) is 17.7. The summed E-state index contributed by atoms with van der Waals surface area (Å²) in [6, 6.07) is 11.9. The number of carbonyl (C=O) groups excluding carboxylic acids is 4. The lowest BCUT2D eigenvalue weighted by atomic mass is 9.82. The molecule has 6 rings (SSSR count). The van der Waals surface area contributed by atoms with Gasteiger partial charge in [0.25, 0.3) is 0 Å². The van der Waals surface area contributed by atoms with Gasteiger partial charge in [0.05, 0.1) is 6.04 Å². The Morgan fingerprint density at radius 1 is 0.980 bits per heavy atom. The van der Waals surface area contributed by atoms with Crippen molar-refractivity contribution in [2.24, 2.45) is 5.92 Å². The fourth-order valence-electron chi connectivity index (χ4n) is 7.55. The number of amides is 3. The Morgan fingerprint density at radius 3 is 2.47 bits per heavy atom. The van der Waals surface area contributed by atoms with E-state index in [1.165, 1.54) is 16.2 Å². The van der Waals surface area contributed by atoms with Crippen molar-refractivity contribution in [3.8, 4) is 0 Å². The standard InChI is InChI=1S/C38H49N5O5S/c1-24(41(5)37(47)48-38(2,3)4)34(45)40-32(26-14-7-6-8-15-26)36(46)43-21-27-17-12-20-42(27)22-31(43)35-39-30(23-49-35)33(44)29-19-11-16-25-13-9-10-18-28(25)29/h9-11,13,16,18-19,23-24,26-27,31-32H,6-8,12,14-15,17,20-22H2,1-5H3,(H,40,45)/t24-,27+,31-,32-/m0/s1. The summed E-state index contributed by atoms with van der Waals surface area (Å²) in [5.41, 5.74) is 0.287. The summed E-state index contributed by atoms with van der Waals surface area (Å²) in [5, 5.41) is 7.54. The number of aromatic nitrogens is 1. The molecule has 2 aromatic carbocycles. The van der Waals surface area contributed by atoms with Crippen molar-refractivity contribution in [3.05, 3.63) is 64.1 Å². The highest BCUT2D eigenvalue weighted by Gasteiger charge is 2.44. The van der Waals surface area contributed by atoms with Gasteiger partial charge in [0, 0.05) is 37.1 Å². The zero-order valence-corrected chi connectivity index (χ0v) is 30.1. The fourth-order valence-corrected chi connectivity index (χ4v) is 8.45. The van der Waals surface area contributed by atoms with Gasteiger partial charge in [-0.05, 0) is 76.6 Å². The molecule has 49 heavy (non-hydrogen) atoms. The molecule has 4 atom stereocenters. The highest BCUT2D eigenvalue weighted by molar-refractivity contribution is 7.10. The molecule has 2 aliphatic heterocycles. The van der Waals surface area contributed by atoms with Crippen LogP contribution in [0.2, 0.25) is 0 Å². The van der Waals surface area contributed by atoms with Crippen LogP contribution in [0.3, 0.4) is 0 Å². The van der Waals surface area contributed by atoms with Crippen LogP contribution in [0.4, 0.5) is 4.79 Å². The van der Waals surface area contributed by atoms with E-state index in [1.54, 1.807) is 34.7 Å². The summed E-state index contributed by atoms with van der Waals surface area (Å²) in [6.45, 7) is 9.16. The van der Waals surface area contributed by atoms with Gasteiger partial charge in [-0.2, -0.15) is 0 Å². The second-order valence-electron chi connectivity index (χ2n) is 14.9. The molecule has 3 aromatic rings. The van der Waals surface area contributed by atoms with Gasteiger partial charge in [-0.3, -0.25) is 24.2 Å². The van der Waals surface area contributed by atoms with Gasteiger partial charge in [-0.1, -0.05) is 61.7 Å². The molecule has 2 saturated heterocycles. The largest absolute Gasteiger partial charge is 0.444 e. The third kappa shape index (κ3) is 7.67. The van der Waals surface area contributed by atoms with E-state index in [1.807, 2.05) is 52.7 Å². The SMILES string of the molecule is C[C@@H](C(=O)N[C@H](C(=O)N1C[C@H]2CCCN2C[C@H]1c1nc(C(=O)c2cccc3ccccc23)cs1)C1CCCCC1)N(C)C(=O)OC(C)(C)C. The van der Waals surface area contributed by atoms with E-state index in [0.29, 0.717) is 24.3 Å². The zero-order valence-electron chi connectivity index (χ0n) is 29.3. The van der Waals surface area contributed by atoms with E-state index in [0.717, 1.165) is 67.3 Å². The van der Waals surface area contributed by atoms with Crippen molar-refractivity contribution in [2.75, 3.05) is 26.7 Å². The molecule has 3 amide bonds. The maximum atomic E-state index is 14.8. The lowest BCUT2D eigenvalue weighted by Crippen LogP contribution is -2.61. The Bertz CT molecular complexity index is 1690. The maximum absolute atomic E-state index is 14.8. The first-order valence-corrected chi connectivity index (χ1v) is 18.6. The lowest BCUT2D eigenvalue weighted by Gasteiger charge is -2.45. The predicted molar refractivity (Wildman–Crippen MR) is 191 cm³/mol. The van der Waals surface area contributed by atoms with Gasteiger partial charge >= 0.3 is 6.09 Å². The molecule has 3 fully saturated rings. The second-order valence-corrected chi connectivity index (χ2v) is 15.8.